The minimum Gasteiger partial charge on any atom is -0.370 e. The summed E-state index contributed by atoms with van der Waals surface area (Å²) >= 11 is 7.15. The Balaban J connectivity index is 1.74. The summed E-state index contributed by atoms with van der Waals surface area (Å²) in [6, 6.07) is 14.0. The van der Waals surface area contributed by atoms with Crippen molar-refractivity contribution < 1.29 is 8.42 Å². The molecule has 0 aliphatic heterocycles. The van der Waals surface area contributed by atoms with Gasteiger partial charge in [-0.15, -0.1) is 0 Å². The van der Waals surface area contributed by atoms with Gasteiger partial charge in [0.2, 0.25) is 0 Å². The molecule has 1 aromatic heterocycles. The van der Waals surface area contributed by atoms with Crippen LogP contribution in [0.15, 0.2) is 58.6 Å². The monoisotopic (exact) mass is 407 g/mol. The number of anilines is 1. The van der Waals surface area contributed by atoms with Crippen LogP contribution in [0, 0.1) is 0 Å². The maximum Gasteiger partial charge on any atom is 0.190 e. The molecule has 5 nitrogen and oxygen atoms in total. The molecule has 0 spiro atoms. The van der Waals surface area contributed by atoms with Gasteiger partial charge < -0.3 is 5.32 Å². The predicted octanol–water partition coefficient (Wildman–Crippen LogP) is 4.28. The SMILES string of the molecule is CCNc1nc(SCCS(=O)(=O)c2ccc(Cl)cc2)nc2ccccc12. The number of nitrogens with one attached hydrogen (secondary N) is 1. The van der Waals surface area contributed by atoms with Crippen molar-refractivity contribution in [1.82, 2.24) is 9.97 Å². The van der Waals surface area contributed by atoms with Crippen molar-refractivity contribution in [3.63, 3.8) is 0 Å². The van der Waals surface area contributed by atoms with Crippen molar-refractivity contribution in [2.45, 2.75) is 17.0 Å². The van der Waals surface area contributed by atoms with E-state index in [1.165, 1.54) is 23.9 Å². The van der Waals surface area contributed by atoms with Crippen LogP contribution >= 0.6 is 23.4 Å². The van der Waals surface area contributed by atoms with Gasteiger partial charge >= 0.3 is 0 Å². The van der Waals surface area contributed by atoms with Crippen LogP contribution in [0.5, 0.6) is 0 Å². The third-order valence-corrected chi connectivity index (χ3v) is 6.77. The number of hydrogen-bond acceptors (Lipinski definition) is 6. The van der Waals surface area contributed by atoms with Gasteiger partial charge in [0.05, 0.1) is 16.2 Å². The summed E-state index contributed by atoms with van der Waals surface area (Å²) in [5.74, 6) is 1.14. The smallest absolute Gasteiger partial charge is 0.190 e. The first-order valence-electron chi connectivity index (χ1n) is 8.11. The quantitative estimate of drug-likeness (QED) is 0.465. The molecule has 0 amide bonds. The van der Waals surface area contributed by atoms with Crippen LogP contribution in [0.4, 0.5) is 5.82 Å². The highest BCUT2D eigenvalue weighted by Gasteiger charge is 2.15. The zero-order valence-corrected chi connectivity index (χ0v) is 16.5. The third kappa shape index (κ3) is 4.47. The molecular formula is C18H18ClN3O2S2. The molecule has 1 heterocycles. The van der Waals surface area contributed by atoms with Gasteiger partial charge in [0.25, 0.3) is 0 Å². The second kappa shape index (κ2) is 8.24. The van der Waals surface area contributed by atoms with E-state index in [2.05, 4.69) is 15.3 Å². The molecule has 1 N–H and O–H groups in total. The number of aromatic nitrogens is 2. The lowest BCUT2D eigenvalue weighted by Crippen LogP contribution is -2.09. The minimum absolute atomic E-state index is 0.00598. The molecule has 26 heavy (non-hydrogen) atoms. The standard InChI is InChI=1S/C18H18ClN3O2S2/c1-2-20-17-15-5-3-4-6-16(15)21-18(22-17)25-11-12-26(23,24)14-9-7-13(19)8-10-14/h3-10H,2,11-12H2,1H3,(H,20,21,22). The average molecular weight is 408 g/mol. The summed E-state index contributed by atoms with van der Waals surface area (Å²) in [4.78, 5) is 9.32. The molecule has 0 saturated heterocycles. The Morgan fingerprint density at radius 2 is 1.81 bits per heavy atom. The molecule has 2 aromatic carbocycles. The molecule has 136 valence electrons. The number of nitrogens with zero attached hydrogens (tertiary/aromatic N) is 2. The summed E-state index contributed by atoms with van der Waals surface area (Å²) in [5.41, 5.74) is 0.835. The fourth-order valence-corrected chi connectivity index (χ4v) is 5.05. The minimum atomic E-state index is -3.36. The van der Waals surface area contributed by atoms with Crippen molar-refractivity contribution in [2.24, 2.45) is 0 Å². The lowest BCUT2D eigenvalue weighted by molar-refractivity contribution is 0.597. The molecule has 0 aliphatic carbocycles. The maximum atomic E-state index is 12.4. The fraction of sp³-hybridized carbons (Fsp3) is 0.222. The van der Waals surface area contributed by atoms with Gasteiger partial charge in [0.15, 0.2) is 15.0 Å². The predicted molar refractivity (Wildman–Crippen MR) is 108 cm³/mol. The molecular weight excluding hydrogens is 390 g/mol. The van der Waals surface area contributed by atoms with Gasteiger partial charge in [-0.1, -0.05) is 35.5 Å². The van der Waals surface area contributed by atoms with Crippen molar-refractivity contribution in [3.8, 4) is 0 Å². The van der Waals surface area contributed by atoms with Gasteiger partial charge in [-0.05, 0) is 43.3 Å². The Morgan fingerprint density at radius 3 is 2.54 bits per heavy atom. The molecule has 0 atom stereocenters. The molecule has 0 fully saturated rings. The topological polar surface area (TPSA) is 72.0 Å². The van der Waals surface area contributed by atoms with E-state index >= 15 is 0 Å². The second-order valence-corrected chi connectivity index (χ2v) is 9.13. The summed E-state index contributed by atoms with van der Waals surface area (Å²) < 4.78 is 24.8. The molecule has 8 heteroatoms. The number of sulfone groups is 1. The van der Waals surface area contributed by atoms with E-state index in [0.717, 1.165) is 23.3 Å². The van der Waals surface area contributed by atoms with Crippen LogP contribution < -0.4 is 5.32 Å². The number of fused-ring (bicyclic) bond motifs is 1. The fourth-order valence-electron chi connectivity index (χ4n) is 2.42. The summed E-state index contributed by atoms with van der Waals surface area (Å²) in [7, 11) is -3.36. The Morgan fingerprint density at radius 1 is 1.08 bits per heavy atom. The Kier molecular flexibility index (Phi) is 6.01. The van der Waals surface area contributed by atoms with E-state index in [4.69, 9.17) is 11.6 Å². The number of rotatable bonds is 7. The largest absolute Gasteiger partial charge is 0.370 e. The van der Waals surface area contributed by atoms with Crippen molar-refractivity contribution >= 4 is 49.9 Å². The van der Waals surface area contributed by atoms with E-state index in [-0.39, 0.29) is 10.6 Å². The summed E-state index contributed by atoms with van der Waals surface area (Å²) in [6.07, 6.45) is 0. The number of para-hydroxylation sites is 1. The van der Waals surface area contributed by atoms with Gasteiger partial charge in [0, 0.05) is 22.7 Å². The van der Waals surface area contributed by atoms with E-state index in [0.29, 0.717) is 15.9 Å². The van der Waals surface area contributed by atoms with Crippen LogP contribution in [0.1, 0.15) is 6.92 Å². The lowest BCUT2D eigenvalue weighted by Gasteiger charge is -2.09. The van der Waals surface area contributed by atoms with Crippen LogP contribution in [0.3, 0.4) is 0 Å². The summed E-state index contributed by atoms with van der Waals surface area (Å²) in [5, 5.41) is 5.26. The van der Waals surface area contributed by atoms with Crippen LogP contribution in [0.25, 0.3) is 10.9 Å². The van der Waals surface area contributed by atoms with E-state index in [1.807, 2.05) is 31.2 Å². The molecule has 0 bridgehead atoms. The highest BCUT2D eigenvalue weighted by molar-refractivity contribution is 8.00. The maximum absolute atomic E-state index is 12.4. The van der Waals surface area contributed by atoms with Gasteiger partial charge in [-0.2, -0.15) is 0 Å². The Labute approximate surface area is 162 Å². The van der Waals surface area contributed by atoms with Gasteiger partial charge in [0.1, 0.15) is 5.82 Å². The zero-order valence-electron chi connectivity index (χ0n) is 14.1. The number of hydrogen-bond donors (Lipinski definition) is 1. The number of thioether (sulfide) groups is 1. The summed E-state index contributed by atoms with van der Waals surface area (Å²) in [6.45, 7) is 2.75. The number of halogens is 1. The highest BCUT2D eigenvalue weighted by Crippen LogP contribution is 2.25. The third-order valence-electron chi connectivity index (χ3n) is 3.68. The van der Waals surface area contributed by atoms with E-state index in [9.17, 15) is 8.42 Å². The first-order valence-corrected chi connectivity index (χ1v) is 11.1. The van der Waals surface area contributed by atoms with Crippen molar-refractivity contribution in [2.75, 3.05) is 23.4 Å². The van der Waals surface area contributed by atoms with Gasteiger partial charge in [-0.3, -0.25) is 0 Å². The normalized spacial score (nSPS) is 11.6. The molecule has 0 unspecified atom stereocenters. The van der Waals surface area contributed by atoms with Crippen LogP contribution in [0.2, 0.25) is 5.02 Å². The zero-order chi connectivity index (χ0) is 18.6. The molecule has 0 radical (unpaired) electrons. The van der Waals surface area contributed by atoms with E-state index < -0.39 is 9.84 Å². The Bertz CT molecular complexity index is 1010. The molecule has 0 saturated carbocycles. The highest BCUT2D eigenvalue weighted by atomic mass is 35.5. The van der Waals surface area contributed by atoms with Crippen molar-refractivity contribution in [1.29, 1.82) is 0 Å². The lowest BCUT2D eigenvalue weighted by atomic mass is 10.2. The first-order chi connectivity index (χ1) is 12.5. The first kappa shape index (κ1) is 18.9. The average Bonchev–Trinajstić information content (AvgIpc) is 2.62. The molecule has 3 rings (SSSR count). The van der Waals surface area contributed by atoms with Crippen molar-refractivity contribution in [3.05, 3.63) is 53.6 Å². The van der Waals surface area contributed by atoms with E-state index in [1.54, 1.807) is 12.1 Å². The molecule has 3 aromatic rings. The number of benzene rings is 2. The van der Waals surface area contributed by atoms with Crippen LogP contribution in [-0.4, -0.2) is 36.4 Å². The second-order valence-electron chi connectivity index (χ2n) is 5.52. The molecule has 0 aliphatic rings. The Hall–Kier alpha value is -1.83. The van der Waals surface area contributed by atoms with Gasteiger partial charge in [-0.25, -0.2) is 18.4 Å². The van der Waals surface area contributed by atoms with Crippen LogP contribution in [-0.2, 0) is 9.84 Å².